The second-order valence-electron chi connectivity index (χ2n) is 5.92. The summed E-state index contributed by atoms with van der Waals surface area (Å²) >= 11 is 6.08. The fourth-order valence-corrected chi connectivity index (χ4v) is 3.28. The van der Waals surface area contributed by atoms with Crippen molar-refractivity contribution in [2.24, 2.45) is 0 Å². The molecular formula is C15H18ClN5O. The number of aromatic nitrogens is 2. The summed E-state index contributed by atoms with van der Waals surface area (Å²) in [5, 5.41) is 12.4. The summed E-state index contributed by atoms with van der Waals surface area (Å²) < 4.78 is 0. The average Bonchev–Trinajstić information content (AvgIpc) is 3.19. The van der Waals surface area contributed by atoms with E-state index in [9.17, 15) is 10.1 Å². The van der Waals surface area contributed by atoms with E-state index in [-0.39, 0.29) is 10.7 Å². The molecule has 3 rings (SSSR count). The molecule has 1 saturated heterocycles. The van der Waals surface area contributed by atoms with E-state index in [1.54, 1.807) is 0 Å². The highest BCUT2D eigenvalue weighted by Gasteiger charge is 2.36. The topological polar surface area (TPSA) is 81.9 Å². The van der Waals surface area contributed by atoms with Crippen molar-refractivity contribution < 1.29 is 4.79 Å². The normalized spacial score (nSPS) is 19.9. The molecule has 1 aliphatic heterocycles. The van der Waals surface area contributed by atoms with E-state index in [0.717, 1.165) is 38.8 Å². The van der Waals surface area contributed by atoms with Crippen molar-refractivity contribution in [1.82, 2.24) is 15.3 Å². The van der Waals surface area contributed by atoms with Gasteiger partial charge in [-0.25, -0.2) is 9.97 Å². The van der Waals surface area contributed by atoms with Crippen molar-refractivity contribution in [2.75, 3.05) is 18.0 Å². The maximum atomic E-state index is 12.5. The molecule has 116 valence electrons. The van der Waals surface area contributed by atoms with Gasteiger partial charge in [0.1, 0.15) is 5.54 Å². The van der Waals surface area contributed by atoms with Gasteiger partial charge in [-0.15, -0.1) is 0 Å². The smallest absolute Gasteiger partial charge is 0.272 e. The number of hydrogen-bond acceptors (Lipinski definition) is 5. The Morgan fingerprint density at radius 3 is 2.64 bits per heavy atom. The van der Waals surface area contributed by atoms with Crippen LogP contribution in [0.15, 0.2) is 6.20 Å². The summed E-state index contributed by atoms with van der Waals surface area (Å²) in [6.07, 6.45) is 6.92. The average molecular weight is 320 g/mol. The van der Waals surface area contributed by atoms with E-state index < -0.39 is 11.4 Å². The SMILES string of the molecule is N#CC1(NC(=O)c2nc(N3CCCC3)ncc2Cl)CCCC1. The zero-order valence-electron chi connectivity index (χ0n) is 12.3. The highest BCUT2D eigenvalue weighted by atomic mass is 35.5. The molecule has 2 fully saturated rings. The molecule has 0 spiro atoms. The molecule has 7 heteroatoms. The second-order valence-corrected chi connectivity index (χ2v) is 6.32. The fraction of sp³-hybridized carbons (Fsp3) is 0.600. The molecule has 1 saturated carbocycles. The number of hydrogen-bond donors (Lipinski definition) is 1. The quantitative estimate of drug-likeness (QED) is 0.924. The third-order valence-electron chi connectivity index (χ3n) is 4.36. The Kier molecular flexibility index (Phi) is 4.16. The van der Waals surface area contributed by atoms with Gasteiger partial charge in [-0.05, 0) is 38.5 Å². The first-order valence-corrected chi connectivity index (χ1v) is 8.03. The summed E-state index contributed by atoms with van der Waals surface area (Å²) in [4.78, 5) is 23.1. The number of nitrogens with zero attached hydrogens (tertiary/aromatic N) is 4. The lowest BCUT2D eigenvalue weighted by molar-refractivity contribution is 0.0915. The molecule has 6 nitrogen and oxygen atoms in total. The fourth-order valence-electron chi connectivity index (χ4n) is 3.11. The standard InChI is InChI=1S/C15H18ClN5O/c16-11-9-18-14(21-7-3-4-8-21)19-12(11)13(22)20-15(10-17)5-1-2-6-15/h9H,1-8H2,(H,20,22). The molecule has 1 aromatic heterocycles. The van der Waals surface area contributed by atoms with Gasteiger partial charge in [-0.1, -0.05) is 11.6 Å². The zero-order valence-corrected chi connectivity index (χ0v) is 13.1. The van der Waals surface area contributed by atoms with Gasteiger partial charge >= 0.3 is 0 Å². The third kappa shape index (κ3) is 2.86. The minimum atomic E-state index is -0.779. The van der Waals surface area contributed by atoms with Crippen LogP contribution in [-0.2, 0) is 0 Å². The van der Waals surface area contributed by atoms with Gasteiger partial charge in [-0.2, -0.15) is 5.26 Å². The first kappa shape index (κ1) is 15.0. The van der Waals surface area contributed by atoms with Gasteiger partial charge in [0.25, 0.3) is 5.91 Å². The molecule has 1 aromatic rings. The van der Waals surface area contributed by atoms with E-state index >= 15 is 0 Å². The Labute approximate surface area is 134 Å². The lowest BCUT2D eigenvalue weighted by Crippen LogP contribution is -2.45. The van der Waals surface area contributed by atoms with Gasteiger partial charge in [0, 0.05) is 13.1 Å². The summed E-state index contributed by atoms with van der Waals surface area (Å²) in [6.45, 7) is 1.79. The van der Waals surface area contributed by atoms with Crippen molar-refractivity contribution in [3.8, 4) is 6.07 Å². The first-order chi connectivity index (χ1) is 10.6. The van der Waals surface area contributed by atoms with E-state index in [1.807, 2.05) is 4.90 Å². The van der Waals surface area contributed by atoms with Crippen LogP contribution >= 0.6 is 11.6 Å². The molecule has 2 aliphatic rings. The Morgan fingerprint density at radius 1 is 1.32 bits per heavy atom. The number of nitriles is 1. The number of carbonyl (C=O) groups excluding carboxylic acids is 1. The Morgan fingerprint density at radius 2 is 2.00 bits per heavy atom. The molecule has 0 radical (unpaired) electrons. The zero-order chi connectivity index (χ0) is 15.6. The molecule has 1 N–H and O–H groups in total. The van der Waals surface area contributed by atoms with Crippen LogP contribution in [0.5, 0.6) is 0 Å². The second kappa shape index (κ2) is 6.09. The molecule has 1 aliphatic carbocycles. The maximum absolute atomic E-state index is 12.5. The number of halogens is 1. The number of amides is 1. The summed E-state index contributed by atoms with van der Waals surface area (Å²) in [5.41, 5.74) is -0.626. The van der Waals surface area contributed by atoms with Gasteiger partial charge in [0.05, 0.1) is 17.3 Å². The van der Waals surface area contributed by atoms with Crippen LogP contribution in [0.4, 0.5) is 5.95 Å². The predicted molar refractivity (Wildman–Crippen MR) is 82.8 cm³/mol. The predicted octanol–water partition coefficient (Wildman–Crippen LogP) is 2.30. The number of rotatable bonds is 3. The molecule has 0 unspecified atom stereocenters. The Balaban J connectivity index is 1.82. The molecule has 2 heterocycles. The Hall–Kier alpha value is -1.87. The van der Waals surface area contributed by atoms with Crippen LogP contribution in [-0.4, -0.2) is 34.5 Å². The van der Waals surface area contributed by atoms with Crippen LogP contribution < -0.4 is 10.2 Å². The highest BCUT2D eigenvalue weighted by Crippen LogP contribution is 2.29. The van der Waals surface area contributed by atoms with Crippen LogP contribution in [0, 0.1) is 11.3 Å². The van der Waals surface area contributed by atoms with Crippen LogP contribution in [0.25, 0.3) is 0 Å². The molecule has 0 bridgehead atoms. The summed E-state index contributed by atoms with van der Waals surface area (Å²) in [6, 6.07) is 2.24. The molecule has 1 amide bonds. The van der Waals surface area contributed by atoms with E-state index in [1.165, 1.54) is 6.20 Å². The number of nitrogens with one attached hydrogen (secondary N) is 1. The van der Waals surface area contributed by atoms with Crippen LogP contribution in [0.2, 0.25) is 5.02 Å². The monoisotopic (exact) mass is 319 g/mol. The largest absolute Gasteiger partial charge is 0.341 e. The van der Waals surface area contributed by atoms with Crippen molar-refractivity contribution >= 4 is 23.5 Å². The van der Waals surface area contributed by atoms with Crippen molar-refractivity contribution in [2.45, 2.75) is 44.1 Å². The van der Waals surface area contributed by atoms with E-state index in [0.29, 0.717) is 18.8 Å². The molecule has 22 heavy (non-hydrogen) atoms. The maximum Gasteiger partial charge on any atom is 0.272 e. The lowest BCUT2D eigenvalue weighted by atomic mass is 10.00. The van der Waals surface area contributed by atoms with Gasteiger partial charge < -0.3 is 10.2 Å². The first-order valence-electron chi connectivity index (χ1n) is 7.65. The van der Waals surface area contributed by atoms with Crippen LogP contribution in [0.1, 0.15) is 49.0 Å². The summed E-state index contributed by atoms with van der Waals surface area (Å²) in [5.74, 6) is 0.140. The third-order valence-corrected chi connectivity index (χ3v) is 4.64. The lowest BCUT2D eigenvalue weighted by Gasteiger charge is -2.22. The highest BCUT2D eigenvalue weighted by molar-refractivity contribution is 6.33. The van der Waals surface area contributed by atoms with Crippen molar-refractivity contribution in [3.63, 3.8) is 0 Å². The van der Waals surface area contributed by atoms with Crippen LogP contribution in [0.3, 0.4) is 0 Å². The summed E-state index contributed by atoms with van der Waals surface area (Å²) in [7, 11) is 0. The molecule has 0 aromatic carbocycles. The minimum Gasteiger partial charge on any atom is -0.341 e. The van der Waals surface area contributed by atoms with Gasteiger partial charge in [0.2, 0.25) is 5.95 Å². The van der Waals surface area contributed by atoms with E-state index in [4.69, 9.17) is 11.6 Å². The molecule has 0 atom stereocenters. The van der Waals surface area contributed by atoms with Gasteiger partial charge in [-0.3, -0.25) is 4.79 Å². The van der Waals surface area contributed by atoms with Crippen molar-refractivity contribution in [1.29, 1.82) is 5.26 Å². The number of carbonyl (C=O) groups is 1. The Bertz CT molecular complexity index is 615. The minimum absolute atomic E-state index is 0.153. The van der Waals surface area contributed by atoms with Crippen molar-refractivity contribution in [3.05, 3.63) is 16.9 Å². The molecular weight excluding hydrogens is 302 g/mol. The van der Waals surface area contributed by atoms with E-state index in [2.05, 4.69) is 21.4 Å². The number of anilines is 1. The van der Waals surface area contributed by atoms with Gasteiger partial charge in [0.15, 0.2) is 5.69 Å².